The minimum absolute atomic E-state index is 0.137. The minimum Gasteiger partial charge on any atom is -0.358 e. The van der Waals surface area contributed by atoms with E-state index < -0.39 is 0 Å². The number of aromatic nitrogens is 3. The van der Waals surface area contributed by atoms with Crippen molar-refractivity contribution in [2.24, 2.45) is 5.92 Å². The first-order valence-electron chi connectivity index (χ1n) is 7.85. The van der Waals surface area contributed by atoms with Crippen LogP contribution in [-0.4, -0.2) is 21.1 Å². The van der Waals surface area contributed by atoms with Crippen molar-refractivity contribution in [3.8, 4) is 0 Å². The van der Waals surface area contributed by atoms with E-state index in [1.807, 2.05) is 25.1 Å². The molecule has 0 bridgehead atoms. The molecule has 118 valence electrons. The van der Waals surface area contributed by atoms with Crippen molar-refractivity contribution in [2.45, 2.75) is 33.1 Å². The molecule has 1 atom stereocenters. The molecule has 2 aromatic heterocycles. The van der Waals surface area contributed by atoms with Gasteiger partial charge in [-0.1, -0.05) is 18.3 Å². The van der Waals surface area contributed by atoms with Crippen molar-refractivity contribution < 1.29 is 4.79 Å². The molecule has 3 aromatic rings. The molecule has 1 aromatic carbocycles. The lowest BCUT2D eigenvalue weighted by molar-refractivity contribution is 0.102. The van der Waals surface area contributed by atoms with E-state index in [9.17, 15) is 4.79 Å². The number of anilines is 1. The highest BCUT2D eigenvalue weighted by molar-refractivity contribution is 7.15. The Morgan fingerprint density at radius 2 is 2.26 bits per heavy atom. The van der Waals surface area contributed by atoms with Crippen LogP contribution in [0.2, 0.25) is 0 Å². The summed E-state index contributed by atoms with van der Waals surface area (Å²) in [5.41, 5.74) is 4.48. The second-order valence-corrected chi connectivity index (χ2v) is 7.45. The number of benzene rings is 1. The van der Waals surface area contributed by atoms with Gasteiger partial charge in [-0.2, -0.15) is 0 Å². The third-order valence-electron chi connectivity index (χ3n) is 4.44. The van der Waals surface area contributed by atoms with E-state index in [2.05, 4.69) is 27.4 Å². The molecule has 2 N–H and O–H groups in total. The van der Waals surface area contributed by atoms with Crippen LogP contribution in [0.1, 0.15) is 40.0 Å². The highest BCUT2D eigenvalue weighted by Gasteiger charge is 2.20. The van der Waals surface area contributed by atoms with Gasteiger partial charge in [0.2, 0.25) is 5.13 Å². The molecule has 0 fully saturated rings. The number of hydrogen-bond donors (Lipinski definition) is 2. The highest BCUT2D eigenvalue weighted by Crippen LogP contribution is 2.32. The lowest BCUT2D eigenvalue weighted by Gasteiger charge is -2.18. The third-order valence-corrected chi connectivity index (χ3v) is 5.20. The Bertz CT molecular complexity index is 895. The quantitative estimate of drug-likeness (QED) is 0.754. The van der Waals surface area contributed by atoms with E-state index in [1.165, 1.54) is 34.4 Å². The van der Waals surface area contributed by atoms with E-state index in [-0.39, 0.29) is 5.91 Å². The van der Waals surface area contributed by atoms with Crippen LogP contribution in [0.3, 0.4) is 0 Å². The normalized spacial score (nSPS) is 17.2. The summed E-state index contributed by atoms with van der Waals surface area (Å²) in [4.78, 5) is 15.9. The summed E-state index contributed by atoms with van der Waals surface area (Å²) in [5.74, 6) is 0.560. The zero-order valence-electron chi connectivity index (χ0n) is 13.1. The fraction of sp³-hybridized carbons (Fsp3) is 0.353. The molecule has 4 rings (SSSR count). The van der Waals surface area contributed by atoms with Crippen LogP contribution in [0.25, 0.3) is 10.9 Å². The fourth-order valence-electron chi connectivity index (χ4n) is 3.25. The van der Waals surface area contributed by atoms with Crippen LogP contribution in [0.5, 0.6) is 0 Å². The molecule has 6 heteroatoms. The van der Waals surface area contributed by atoms with E-state index in [0.717, 1.165) is 23.4 Å². The number of aromatic amines is 1. The maximum absolute atomic E-state index is 12.4. The predicted molar refractivity (Wildman–Crippen MR) is 92.1 cm³/mol. The molecule has 0 radical (unpaired) electrons. The first-order chi connectivity index (χ1) is 11.1. The van der Waals surface area contributed by atoms with Gasteiger partial charge >= 0.3 is 0 Å². The van der Waals surface area contributed by atoms with Gasteiger partial charge in [-0.3, -0.25) is 10.1 Å². The monoisotopic (exact) mass is 326 g/mol. The summed E-state index contributed by atoms with van der Waals surface area (Å²) < 4.78 is 0. The Balaban J connectivity index is 1.68. The van der Waals surface area contributed by atoms with Crippen molar-refractivity contribution in [3.05, 3.63) is 40.0 Å². The Morgan fingerprint density at radius 1 is 1.39 bits per heavy atom. The van der Waals surface area contributed by atoms with Crippen LogP contribution >= 0.6 is 11.3 Å². The standard InChI is InChI=1S/C17H18N4OS/c1-9-3-5-14-12(7-9)13-8-11(4-6-15(13)18-14)16(22)19-17-21-20-10(2)23-17/h4,6,8-9,18H,3,5,7H2,1-2H3,(H,19,21,22)/t9-/m0/s1. The molecule has 1 amide bonds. The predicted octanol–water partition coefficient (Wildman–Crippen LogP) is 3.70. The SMILES string of the molecule is Cc1nnc(NC(=O)c2ccc3[nH]c4c(c3c2)C[C@@H](C)CC4)s1. The smallest absolute Gasteiger partial charge is 0.257 e. The van der Waals surface area contributed by atoms with Gasteiger partial charge in [0.15, 0.2) is 0 Å². The summed E-state index contributed by atoms with van der Waals surface area (Å²) in [7, 11) is 0. The molecule has 0 spiro atoms. The second kappa shape index (κ2) is 5.45. The van der Waals surface area contributed by atoms with Crippen LogP contribution in [0, 0.1) is 12.8 Å². The van der Waals surface area contributed by atoms with Gasteiger partial charge in [0.05, 0.1) is 0 Å². The largest absolute Gasteiger partial charge is 0.358 e. The molecule has 5 nitrogen and oxygen atoms in total. The number of nitrogens with zero attached hydrogens (tertiary/aromatic N) is 2. The van der Waals surface area contributed by atoms with Crippen molar-refractivity contribution in [3.63, 3.8) is 0 Å². The number of fused-ring (bicyclic) bond motifs is 3. The first kappa shape index (κ1) is 14.4. The maximum Gasteiger partial charge on any atom is 0.257 e. The number of nitrogens with one attached hydrogen (secondary N) is 2. The number of carbonyl (C=O) groups is 1. The molecule has 23 heavy (non-hydrogen) atoms. The van der Waals surface area contributed by atoms with E-state index >= 15 is 0 Å². The molecular weight excluding hydrogens is 308 g/mol. The summed E-state index contributed by atoms with van der Waals surface area (Å²) in [6, 6.07) is 5.85. The van der Waals surface area contributed by atoms with Crippen LogP contribution in [-0.2, 0) is 12.8 Å². The van der Waals surface area contributed by atoms with Crippen molar-refractivity contribution in [1.29, 1.82) is 0 Å². The lowest BCUT2D eigenvalue weighted by Crippen LogP contribution is -2.12. The lowest BCUT2D eigenvalue weighted by atomic mass is 9.87. The number of carbonyl (C=O) groups excluding carboxylic acids is 1. The average molecular weight is 326 g/mol. The van der Waals surface area contributed by atoms with Crippen molar-refractivity contribution in [2.75, 3.05) is 5.32 Å². The number of amides is 1. The Hall–Kier alpha value is -2.21. The second-order valence-electron chi connectivity index (χ2n) is 6.27. The number of rotatable bonds is 2. The maximum atomic E-state index is 12.4. The van der Waals surface area contributed by atoms with Gasteiger partial charge in [-0.15, -0.1) is 10.2 Å². The van der Waals surface area contributed by atoms with Gasteiger partial charge in [-0.25, -0.2) is 0 Å². The average Bonchev–Trinajstić information content (AvgIpc) is 3.10. The van der Waals surface area contributed by atoms with E-state index in [1.54, 1.807) is 0 Å². The van der Waals surface area contributed by atoms with Crippen molar-refractivity contribution in [1.82, 2.24) is 15.2 Å². The molecule has 0 unspecified atom stereocenters. The van der Waals surface area contributed by atoms with E-state index in [4.69, 9.17) is 0 Å². The van der Waals surface area contributed by atoms with Gasteiger partial charge < -0.3 is 4.98 Å². The van der Waals surface area contributed by atoms with Crippen LogP contribution in [0.4, 0.5) is 5.13 Å². The summed E-state index contributed by atoms with van der Waals surface area (Å²) >= 11 is 1.38. The Morgan fingerprint density at radius 3 is 3.04 bits per heavy atom. The zero-order valence-corrected chi connectivity index (χ0v) is 14.0. The van der Waals surface area contributed by atoms with E-state index in [0.29, 0.717) is 16.6 Å². The minimum atomic E-state index is -0.137. The Labute approximate surface area is 138 Å². The van der Waals surface area contributed by atoms with Gasteiger partial charge in [-0.05, 0) is 55.9 Å². The summed E-state index contributed by atoms with van der Waals surface area (Å²) in [6.45, 7) is 4.16. The molecular formula is C17H18N4OS. The zero-order chi connectivity index (χ0) is 16.0. The molecule has 1 aliphatic carbocycles. The topological polar surface area (TPSA) is 70.7 Å². The summed E-state index contributed by atoms with van der Waals surface area (Å²) in [6.07, 6.45) is 3.40. The molecule has 0 aliphatic heterocycles. The van der Waals surface area contributed by atoms with Crippen LogP contribution in [0.15, 0.2) is 18.2 Å². The van der Waals surface area contributed by atoms with Gasteiger partial charge in [0.25, 0.3) is 5.91 Å². The highest BCUT2D eigenvalue weighted by atomic mass is 32.1. The summed E-state index contributed by atoms with van der Waals surface area (Å²) in [5, 5.41) is 13.2. The first-order valence-corrected chi connectivity index (χ1v) is 8.67. The molecule has 1 aliphatic rings. The van der Waals surface area contributed by atoms with Gasteiger partial charge in [0.1, 0.15) is 5.01 Å². The number of hydrogen-bond acceptors (Lipinski definition) is 4. The number of aryl methyl sites for hydroxylation is 2. The van der Waals surface area contributed by atoms with Gasteiger partial charge in [0, 0.05) is 22.2 Å². The molecule has 2 heterocycles. The fourth-order valence-corrected chi connectivity index (χ4v) is 3.84. The van der Waals surface area contributed by atoms with Crippen molar-refractivity contribution >= 4 is 33.3 Å². The third kappa shape index (κ3) is 2.63. The number of H-pyrrole nitrogens is 1. The molecule has 0 saturated heterocycles. The van der Waals surface area contributed by atoms with Crippen LogP contribution < -0.4 is 5.32 Å². The Kier molecular flexibility index (Phi) is 3.41. The molecule has 0 saturated carbocycles.